The molecule has 4 aromatic carbocycles. The monoisotopic (exact) mass is 544 g/mol. The Morgan fingerprint density at radius 3 is 2.22 bits per heavy atom. The summed E-state index contributed by atoms with van der Waals surface area (Å²) >= 11 is -0.170. The molecule has 1 heterocycles. The molecule has 0 fully saturated rings. The summed E-state index contributed by atoms with van der Waals surface area (Å²) in [4.78, 5) is 28.1. The number of nitriles is 1. The maximum atomic E-state index is 12.9. The molecule has 0 atom stereocenters. The summed E-state index contributed by atoms with van der Waals surface area (Å²) in [6.07, 6.45) is 1.76. The SMILES string of the molecule is Cc1ccc(N(c2cccc(C#N)c2)c2ccc(C=C3C(=O)c4ccccc4C3=O)[se]2)c2ccccc12. The molecule has 176 valence electrons. The van der Waals surface area contributed by atoms with Crippen LogP contribution in [-0.2, 0) is 0 Å². The van der Waals surface area contributed by atoms with Gasteiger partial charge in [0.15, 0.2) is 0 Å². The van der Waals surface area contributed by atoms with E-state index in [1.165, 1.54) is 10.9 Å². The van der Waals surface area contributed by atoms with Gasteiger partial charge in [0.05, 0.1) is 0 Å². The first-order valence-corrected chi connectivity index (χ1v) is 13.5. The third-order valence-corrected chi connectivity index (χ3v) is 8.75. The molecule has 0 saturated heterocycles. The van der Waals surface area contributed by atoms with E-state index in [2.05, 4.69) is 48.2 Å². The zero-order chi connectivity index (χ0) is 25.5. The molecule has 0 N–H and O–H groups in total. The molecular weight excluding hydrogens is 523 g/mol. The zero-order valence-corrected chi connectivity index (χ0v) is 21.6. The molecule has 1 aliphatic rings. The van der Waals surface area contributed by atoms with Crippen molar-refractivity contribution in [3.05, 3.63) is 129 Å². The number of allylic oxidation sites excluding steroid dienone is 1. The number of nitrogens with zero attached hydrogens (tertiary/aromatic N) is 2. The topological polar surface area (TPSA) is 61.2 Å². The van der Waals surface area contributed by atoms with Gasteiger partial charge >= 0.3 is 221 Å². The Bertz CT molecular complexity index is 1770. The molecule has 1 aliphatic carbocycles. The molecular formula is C32H20N2O2Se. The van der Waals surface area contributed by atoms with Gasteiger partial charge in [-0.05, 0) is 0 Å². The Hall–Kier alpha value is -4.49. The van der Waals surface area contributed by atoms with Crippen molar-refractivity contribution in [2.45, 2.75) is 6.92 Å². The molecule has 5 heteroatoms. The van der Waals surface area contributed by atoms with E-state index in [0.29, 0.717) is 16.7 Å². The van der Waals surface area contributed by atoms with Crippen molar-refractivity contribution in [3.63, 3.8) is 0 Å². The number of carbonyl (C=O) groups excluding carboxylic acids is 2. The Balaban J connectivity index is 1.49. The molecule has 0 radical (unpaired) electrons. The van der Waals surface area contributed by atoms with Gasteiger partial charge in [0.2, 0.25) is 0 Å². The van der Waals surface area contributed by atoms with E-state index in [-0.39, 0.29) is 31.6 Å². The molecule has 0 bridgehead atoms. The van der Waals surface area contributed by atoms with Crippen LogP contribution in [0.5, 0.6) is 0 Å². The molecule has 1 aromatic heterocycles. The summed E-state index contributed by atoms with van der Waals surface area (Å²) in [7, 11) is 0. The Kier molecular flexibility index (Phi) is 5.69. The van der Waals surface area contributed by atoms with Gasteiger partial charge in [0, 0.05) is 0 Å². The predicted octanol–water partition coefficient (Wildman–Crippen LogP) is 7.01. The van der Waals surface area contributed by atoms with E-state index in [9.17, 15) is 14.9 Å². The standard InChI is InChI=1S/C32H20N2O2Se/c1-20-13-15-29(25-10-3-2-9-24(20)25)34(22-8-6-7-21(17-22)19-33)30-16-14-23(37-30)18-28-31(35)26-11-4-5-12-27(26)32(28)36/h2-18H,1H3. The van der Waals surface area contributed by atoms with Gasteiger partial charge in [-0.1, -0.05) is 0 Å². The number of rotatable bonds is 4. The van der Waals surface area contributed by atoms with E-state index in [0.717, 1.165) is 25.8 Å². The molecule has 4 nitrogen and oxygen atoms in total. The summed E-state index contributed by atoms with van der Waals surface area (Å²) in [6.45, 7) is 2.10. The molecule has 37 heavy (non-hydrogen) atoms. The van der Waals surface area contributed by atoms with Gasteiger partial charge in [0.25, 0.3) is 0 Å². The number of hydrogen-bond acceptors (Lipinski definition) is 4. The average Bonchev–Trinajstić information content (AvgIpc) is 3.49. The number of aryl methyl sites for hydroxylation is 1. The fourth-order valence-corrected chi connectivity index (χ4v) is 6.88. The minimum absolute atomic E-state index is 0.170. The number of benzene rings is 4. The second-order valence-corrected chi connectivity index (χ2v) is 11.2. The van der Waals surface area contributed by atoms with Crippen molar-refractivity contribution >= 4 is 58.9 Å². The summed E-state index contributed by atoms with van der Waals surface area (Å²) in [6, 6.07) is 33.4. The van der Waals surface area contributed by atoms with E-state index in [4.69, 9.17) is 0 Å². The Morgan fingerprint density at radius 1 is 0.784 bits per heavy atom. The molecule has 0 amide bonds. The third kappa shape index (κ3) is 3.93. The van der Waals surface area contributed by atoms with E-state index in [1.807, 2.05) is 36.4 Å². The average molecular weight is 543 g/mol. The molecule has 0 spiro atoms. The van der Waals surface area contributed by atoms with Gasteiger partial charge in [-0.3, -0.25) is 0 Å². The van der Waals surface area contributed by atoms with Crippen LogP contribution < -0.4 is 4.90 Å². The van der Waals surface area contributed by atoms with Crippen LogP contribution in [0.4, 0.5) is 15.9 Å². The second-order valence-electron chi connectivity index (χ2n) is 8.88. The van der Waals surface area contributed by atoms with Crippen molar-refractivity contribution in [1.82, 2.24) is 0 Å². The van der Waals surface area contributed by atoms with Crippen LogP contribution in [0.3, 0.4) is 0 Å². The fourth-order valence-electron chi connectivity index (χ4n) is 4.81. The predicted molar refractivity (Wildman–Crippen MR) is 148 cm³/mol. The summed E-state index contributed by atoms with van der Waals surface area (Å²) in [5.41, 5.74) is 4.86. The summed E-state index contributed by atoms with van der Waals surface area (Å²) in [5.74, 6) is -0.428. The van der Waals surface area contributed by atoms with Crippen LogP contribution in [0.15, 0.2) is 103 Å². The molecule has 5 aromatic rings. The van der Waals surface area contributed by atoms with E-state index >= 15 is 0 Å². The fraction of sp³-hybridized carbons (Fsp3) is 0.0312. The van der Waals surface area contributed by atoms with Crippen LogP contribution >= 0.6 is 0 Å². The first-order valence-electron chi connectivity index (χ1n) is 11.8. The van der Waals surface area contributed by atoms with Crippen LogP contribution in [0.2, 0.25) is 0 Å². The van der Waals surface area contributed by atoms with Crippen LogP contribution in [0.1, 0.15) is 36.3 Å². The van der Waals surface area contributed by atoms with Crippen LogP contribution in [0, 0.1) is 18.3 Å². The molecule has 0 unspecified atom stereocenters. The van der Waals surface area contributed by atoms with Gasteiger partial charge < -0.3 is 0 Å². The Morgan fingerprint density at radius 2 is 1.49 bits per heavy atom. The van der Waals surface area contributed by atoms with Crippen LogP contribution in [-0.4, -0.2) is 26.1 Å². The van der Waals surface area contributed by atoms with Crippen molar-refractivity contribution in [1.29, 1.82) is 5.26 Å². The number of hydrogen-bond donors (Lipinski definition) is 0. The number of ketones is 2. The van der Waals surface area contributed by atoms with Gasteiger partial charge in [-0.25, -0.2) is 0 Å². The van der Waals surface area contributed by atoms with Crippen molar-refractivity contribution < 1.29 is 9.59 Å². The summed E-state index contributed by atoms with van der Waals surface area (Å²) in [5, 5.41) is 11.8. The zero-order valence-electron chi connectivity index (χ0n) is 19.9. The second kappa shape index (κ2) is 9.18. The molecule has 6 rings (SSSR count). The van der Waals surface area contributed by atoms with E-state index in [1.54, 1.807) is 36.4 Å². The molecule has 0 aliphatic heterocycles. The van der Waals surface area contributed by atoms with Crippen molar-refractivity contribution in [2.75, 3.05) is 4.90 Å². The maximum absolute atomic E-state index is 12.9. The van der Waals surface area contributed by atoms with E-state index < -0.39 is 0 Å². The third-order valence-electron chi connectivity index (χ3n) is 6.62. The minimum atomic E-state index is -0.214. The quantitative estimate of drug-likeness (QED) is 0.139. The van der Waals surface area contributed by atoms with Crippen molar-refractivity contribution in [2.24, 2.45) is 0 Å². The van der Waals surface area contributed by atoms with Crippen molar-refractivity contribution in [3.8, 4) is 6.07 Å². The van der Waals surface area contributed by atoms with Gasteiger partial charge in [-0.15, -0.1) is 0 Å². The number of fused-ring (bicyclic) bond motifs is 2. The first kappa shape index (κ1) is 22.9. The number of carbonyl (C=O) groups is 2. The number of anilines is 3. The first-order chi connectivity index (χ1) is 18.0. The van der Waals surface area contributed by atoms with Crippen LogP contribution in [0.25, 0.3) is 16.8 Å². The van der Waals surface area contributed by atoms with Gasteiger partial charge in [0.1, 0.15) is 0 Å². The Labute approximate surface area is 220 Å². The normalized spacial score (nSPS) is 12.5. The molecule has 0 saturated carbocycles. The van der Waals surface area contributed by atoms with Gasteiger partial charge in [-0.2, -0.15) is 0 Å². The summed E-state index contributed by atoms with van der Waals surface area (Å²) < 4.78 is 2.00. The number of Topliss-reactive ketones (excluding diaryl/α,β-unsaturated/α-hetero) is 2.